The Morgan fingerprint density at radius 2 is 1.04 bits per heavy atom. The summed E-state index contributed by atoms with van der Waals surface area (Å²) in [7, 11) is 0. The Balaban J connectivity index is 0.000000480. The topological polar surface area (TPSA) is 111 Å². The summed E-state index contributed by atoms with van der Waals surface area (Å²) >= 11 is 0. The zero-order chi connectivity index (χ0) is 18.9. The molecule has 0 heterocycles. The fraction of sp³-hybridized carbons (Fsp3) is 0.235. The summed E-state index contributed by atoms with van der Waals surface area (Å²) < 4.78 is 0. The third kappa shape index (κ3) is 14.0. The monoisotopic (exact) mass is 344 g/mol. The van der Waals surface area contributed by atoms with Crippen LogP contribution in [-0.4, -0.2) is 28.9 Å². The SMILES string of the molecule is C(=Nc1ccccc1)=Nc1ccccc1.CC[N+](=O)[O-].CC[N+](=O)[O-]. The number of para-hydroxylation sites is 2. The molecule has 0 aliphatic carbocycles. The van der Waals surface area contributed by atoms with E-state index in [1.807, 2.05) is 60.7 Å². The van der Waals surface area contributed by atoms with Crippen LogP contribution in [0.3, 0.4) is 0 Å². The third-order valence-electron chi connectivity index (χ3n) is 2.39. The molecular formula is C17H20N4O4. The number of rotatable bonds is 4. The first-order valence-electron chi connectivity index (χ1n) is 7.49. The molecular weight excluding hydrogens is 324 g/mol. The molecule has 2 aromatic rings. The summed E-state index contributed by atoms with van der Waals surface area (Å²) in [6.45, 7) is 3.06. The summed E-state index contributed by atoms with van der Waals surface area (Å²) in [6, 6.07) is 21.9. The molecule has 2 aromatic carbocycles. The van der Waals surface area contributed by atoms with Gasteiger partial charge in [0.25, 0.3) is 0 Å². The van der Waals surface area contributed by atoms with E-state index in [2.05, 4.69) is 16.0 Å². The largest absolute Gasteiger partial charge is 0.265 e. The summed E-state index contributed by atoms with van der Waals surface area (Å²) in [5, 5.41) is 18.3. The zero-order valence-corrected chi connectivity index (χ0v) is 14.1. The van der Waals surface area contributed by atoms with Gasteiger partial charge in [-0.2, -0.15) is 9.98 Å². The van der Waals surface area contributed by atoms with Crippen molar-refractivity contribution in [3.8, 4) is 0 Å². The van der Waals surface area contributed by atoms with E-state index in [0.29, 0.717) is 0 Å². The molecule has 0 N–H and O–H groups in total. The first-order chi connectivity index (χ1) is 12.0. The maximum absolute atomic E-state index is 9.17. The molecule has 2 rings (SSSR count). The van der Waals surface area contributed by atoms with Crippen LogP contribution in [0.1, 0.15) is 13.8 Å². The second-order valence-corrected chi connectivity index (χ2v) is 4.29. The predicted molar refractivity (Wildman–Crippen MR) is 97.1 cm³/mol. The van der Waals surface area contributed by atoms with Gasteiger partial charge in [0.1, 0.15) is 6.01 Å². The van der Waals surface area contributed by atoms with Crippen molar-refractivity contribution in [2.24, 2.45) is 9.98 Å². The molecule has 0 aromatic heterocycles. The van der Waals surface area contributed by atoms with Gasteiger partial charge in [0.15, 0.2) is 0 Å². The maximum atomic E-state index is 9.17. The molecule has 0 fully saturated rings. The molecule has 8 nitrogen and oxygen atoms in total. The number of aliphatic imine (C=N–C) groups is 2. The number of nitrogens with zero attached hydrogens (tertiary/aromatic N) is 4. The van der Waals surface area contributed by atoms with E-state index < -0.39 is 0 Å². The van der Waals surface area contributed by atoms with Crippen LogP contribution in [0.2, 0.25) is 0 Å². The Hall–Kier alpha value is -3.38. The van der Waals surface area contributed by atoms with Crippen molar-refractivity contribution in [1.29, 1.82) is 0 Å². The minimum absolute atomic E-state index is 0.0278. The molecule has 0 saturated carbocycles. The summed E-state index contributed by atoms with van der Waals surface area (Å²) in [5.41, 5.74) is 1.72. The summed E-state index contributed by atoms with van der Waals surface area (Å²) in [6.07, 6.45) is 0. The number of hydrogen-bond donors (Lipinski definition) is 0. The predicted octanol–water partition coefficient (Wildman–Crippen LogP) is 4.39. The maximum Gasteiger partial charge on any atom is 0.201 e. The third-order valence-corrected chi connectivity index (χ3v) is 2.39. The van der Waals surface area contributed by atoms with Crippen LogP contribution < -0.4 is 0 Å². The lowest BCUT2D eigenvalue weighted by Gasteiger charge is -1.87. The fourth-order valence-corrected chi connectivity index (χ4v) is 1.15. The van der Waals surface area contributed by atoms with Gasteiger partial charge < -0.3 is 0 Å². The highest BCUT2D eigenvalue weighted by Gasteiger charge is 1.83. The van der Waals surface area contributed by atoms with E-state index in [9.17, 15) is 20.2 Å². The molecule has 8 heteroatoms. The molecule has 0 saturated heterocycles. The first kappa shape index (κ1) is 21.6. The van der Waals surface area contributed by atoms with Crippen molar-refractivity contribution < 1.29 is 9.85 Å². The van der Waals surface area contributed by atoms with E-state index in [1.165, 1.54) is 13.8 Å². The minimum atomic E-state index is -0.375. The molecule has 0 bridgehead atoms. The highest BCUT2D eigenvalue weighted by molar-refractivity contribution is 5.57. The van der Waals surface area contributed by atoms with Gasteiger partial charge in [-0.15, -0.1) is 0 Å². The Kier molecular flexibility index (Phi) is 12.3. The number of benzene rings is 2. The minimum Gasteiger partial charge on any atom is -0.265 e. The van der Waals surface area contributed by atoms with Gasteiger partial charge in [0.2, 0.25) is 13.1 Å². The average Bonchev–Trinajstić information content (AvgIpc) is 2.64. The van der Waals surface area contributed by atoms with Gasteiger partial charge in [-0.1, -0.05) is 36.4 Å². The van der Waals surface area contributed by atoms with Crippen molar-refractivity contribution in [3.63, 3.8) is 0 Å². The molecule has 0 unspecified atom stereocenters. The lowest BCUT2D eigenvalue weighted by molar-refractivity contribution is -0.475. The highest BCUT2D eigenvalue weighted by atomic mass is 16.6. The zero-order valence-electron chi connectivity index (χ0n) is 14.1. The van der Waals surface area contributed by atoms with Gasteiger partial charge in [-0.3, -0.25) is 20.2 Å². The average molecular weight is 344 g/mol. The van der Waals surface area contributed by atoms with E-state index in [0.717, 1.165) is 11.4 Å². The molecule has 132 valence electrons. The lowest BCUT2D eigenvalue weighted by Crippen LogP contribution is -1.92. The molecule has 0 aliphatic rings. The van der Waals surface area contributed by atoms with Crippen LogP contribution in [0.25, 0.3) is 0 Å². The number of hydrogen-bond acceptors (Lipinski definition) is 6. The van der Waals surface area contributed by atoms with Gasteiger partial charge in [0, 0.05) is 23.7 Å². The summed E-state index contributed by atoms with van der Waals surface area (Å²) in [4.78, 5) is 25.8. The van der Waals surface area contributed by atoms with Crippen LogP contribution in [-0.2, 0) is 0 Å². The van der Waals surface area contributed by atoms with Crippen molar-refractivity contribution in [3.05, 3.63) is 80.9 Å². The van der Waals surface area contributed by atoms with Crippen LogP contribution in [0.5, 0.6) is 0 Å². The molecule has 0 amide bonds. The lowest BCUT2D eigenvalue weighted by atomic mass is 10.3. The molecule has 0 aliphatic heterocycles. The quantitative estimate of drug-likeness (QED) is 0.465. The van der Waals surface area contributed by atoms with Crippen molar-refractivity contribution >= 4 is 17.4 Å². The van der Waals surface area contributed by atoms with Crippen molar-refractivity contribution in [1.82, 2.24) is 0 Å². The van der Waals surface area contributed by atoms with Gasteiger partial charge in [-0.25, -0.2) is 0 Å². The highest BCUT2D eigenvalue weighted by Crippen LogP contribution is 2.10. The molecule has 0 spiro atoms. The number of nitro groups is 2. The molecule has 0 radical (unpaired) electrons. The van der Waals surface area contributed by atoms with Gasteiger partial charge in [-0.05, 0) is 24.3 Å². The van der Waals surface area contributed by atoms with E-state index in [4.69, 9.17) is 0 Å². The Bertz CT molecular complexity index is 627. The van der Waals surface area contributed by atoms with Crippen molar-refractivity contribution in [2.75, 3.05) is 13.1 Å². The van der Waals surface area contributed by atoms with E-state index in [-0.39, 0.29) is 22.9 Å². The summed E-state index contributed by atoms with van der Waals surface area (Å²) in [5.74, 6) is 0. The fourth-order valence-electron chi connectivity index (χ4n) is 1.15. The Morgan fingerprint density at radius 3 is 1.28 bits per heavy atom. The standard InChI is InChI=1S/C13H10N2.2C2H5NO2/c1-3-7-12(8-4-1)14-11-15-13-9-5-2-6-10-13;2*1-2-3(4)5/h1-10H;2*2H2,1H3. The van der Waals surface area contributed by atoms with E-state index in [1.54, 1.807) is 0 Å². The van der Waals surface area contributed by atoms with Gasteiger partial charge >= 0.3 is 0 Å². The second-order valence-electron chi connectivity index (χ2n) is 4.29. The van der Waals surface area contributed by atoms with Crippen LogP contribution in [0, 0.1) is 20.2 Å². The van der Waals surface area contributed by atoms with Crippen LogP contribution in [0.4, 0.5) is 11.4 Å². The van der Waals surface area contributed by atoms with Crippen LogP contribution in [0.15, 0.2) is 70.6 Å². The van der Waals surface area contributed by atoms with E-state index >= 15 is 0 Å². The molecule has 0 atom stereocenters. The first-order valence-corrected chi connectivity index (χ1v) is 7.49. The Labute approximate surface area is 145 Å². The van der Waals surface area contributed by atoms with Crippen molar-refractivity contribution in [2.45, 2.75) is 13.8 Å². The van der Waals surface area contributed by atoms with Crippen LogP contribution >= 0.6 is 0 Å². The Morgan fingerprint density at radius 1 is 0.760 bits per heavy atom. The smallest absolute Gasteiger partial charge is 0.201 e. The second kappa shape index (κ2) is 14.2. The molecule has 25 heavy (non-hydrogen) atoms. The van der Waals surface area contributed by atoms with Gasteiger partial charge in [0.05, 0.1) is 11.4 Å². The normalized spacial score (nSPS) is 8.40.